The molecule has 0 radical (unpaired) electrons. The maximum atomic E-state index is 11.8. The molecule has 0 saturated heterocycles. The molecule has 0 heterocycles. The number of likely N-dealkylation sites (N-methyl/N-ethyl adjacent to an activating group) is 1. The Kier molecular flexibility index (Phi) is 4.97. The highest BCUT2D eigenvalue weighted by molar-refractivity contribution is 6.31. The van der Waals surface area contributed by atoms with Gasteiger partial charge in [0, 0.05) is 17.3 Å². The van der Waals surface area contributed by atoms with Crippen LogP contribution >= 0.6 is 11.6 Å². The zero-order chi connectivity index (χ0) is 13.7. The number of amides is 1. The third-order valence-corrected chi connectivity index (χ3v) is 2.47. The lowest BCUT2D eigenvalue weighted by molar-refractivity contribution is -0.128. The van der Waals surface area contributed by atoms with Gasteiger partial charge >= 0.3 is 5.97 Å². The minimum absolute atomic E-state index is 0.152. The van der Waals surface area contributed by atoms with Crippen LogP contribution < -0.4 is 11.1 Å². The van der Waals surface area contributed by atoms with Crippen molar-refractivity contribution in [1.29, 1.82) is 0 Å². The normalized spacial score (nSPS) is 11.7. The van der Waals surface area contributed by atoms with Gasteiger partial charge in [0.2, 0.25) is 0 Å². The average molecular weight is 271 g/mol. The summed E-state index contributed by atoms with van der Waals surface area (Å²) < 4.78 is 5.00. The highest BCUT2D eigenvalue weighted by atomic mass is 35.5. The van der Waals surface area contributed by atoms with Gasteiger partial charge in [0.1, 0.15) is 0 Å². The third kappa shape index (κ3) is 3.63. The number of benzene rings is 1. The van der Waals surface area contributed by atoms with Crippen LogP contribution in [0.15, 0.2) is 18.2 Å². The second-order valence-electron chi connectivity index (χ2n) is 3.67. The van der Waals surface area contributed by atoms with Crippen LogP contribution in [0.25, 0.3) is 0 Å². The summed E-state index contributed by atoms with van der Waals surface area (Å²) in [5, 5.41) is 2.93. The van der Waals surface area contributed by atoms with E-state index in [1.807, 2.05) is 0 Å². The van der Waals surface area contributed by atoms with Crippen LogP contribution in [0.1, 0.15) is 24.2 Å². The predicted octanol–water partition coefficient (Wildman–Crippen LogP) is 1.60. The molecular weight excluding hydrogens is 256 g/mol. The van der Waals surface area contributed by atoms with Gasteiger partial charge in [0.15, 0.2) is 6.10 Å². The quantitative estimate of drug-likeness (QED) is 0.643. The van der Waals surface area contributed by atoms with Crippen LogP contribution in [0.3, 0.4) is 0 Å². The lowest BCUT2D eigenvalue weighted by Gasteiger charge is -2.13. The van der Waals surface area contributed by atoms with Crippen LogP contribution in [0.2, 0.25) is 5.02 Å². The summed E-state index contributed by atoms with van der Waals surface area (Å²) in [6.45, 7) is 3.74. The van der Waals surface area contributed by atoms with Crippen molar-refractivity contribution in [3.8, 4) is 0 Å². The molecule has 5 nitrogen and oxygen atoms in total. The smallest absolute Gasteiger partial charge is 0.341 e. The maximum absolute atomic E-state index is 11.8. The molecule has 0 aromatic heterocycles. The first kappa shape index (κ1) is 14.3. The van der Waals surface area contributed by atoms with Gasteiger partial charge in [-0.3, -0.25) is 4.79 Å². The fourth-order valence-electron chi connectivity index (χ4n) is 1.30. The highest BCUT2D eigenvalue weighted by Crippen LogP contribution is 2.19. The summed E-state index contributed by atoms with van der Waals surface area (Å²) in [4.78, 5) is 23.2. The topological polar surface area (TPSA) is 81.4 Å². The fourth-order valence-corrected chi connectivity index (χ4v) is 1.47. The number of esters is 1. The Hall–Kier alpha value is -1.75. The molecule has 0 aliphatic rings. The molecule has 1 unspecified atom stereocenters. The molecule has 0 saturated carbocycles. The first-order valence-electron chi connectivity index (χ1n) is 5.49. The van der Waals surface area contributed by atoms with E-state index in [0.717, 1.165) is 0 Å². The third-order valence-electron chi connectivity index (χ3n) is 2.24. The van der Waals surface area contributed by atoms with Gasteiger partial charge in [0.05, 0.1) is 5.56 Å². The van der Waals surface area contributed by atoms with Crippen molar-refractivity contribution >= 4 is 29.2 Å². The number of nitrogens with two attached hydrogens (primary N) is 1. The van der Waals surface area contributed by atoms with E-state index in [-0.39, 0.29) is 17.2 Å². The molecule has 0 spiro atoms. The molecule has 1 aromatic carbocycles. The van der Waals surface area contributed by atoms with E-state index in [2.05, 4.69) is 5.32 Å². The number of carbonyl (C=O) groups is 2. The zero-order valence-electron chi connectivity index (χ0n) is 10.2. The number of halogens is 1. The average Bonchev–Trinajstić information content (AvgIpc) is 2.32. The number of nitrogen functional groups attached to an aromatic ring is 1. The van der Waals surface area contributed by atoms with E-state index < -0.39 is 12.1 Å². The van der Waals surface area contributed by atoms with Crippen molar-refractivity contribution in [3.05, 3.63) is 28.8 Å². The summed E-state index contributed by atoms with van der Waals surface area (Å²) in [5.41, 5.74) is 6.05. The molecule has 3 N–H and O–H groups in total. The second-order valence-corrected chi connectivity index (χ2v) is 4.11. The van der Waals surface area contributed by atoms with Gasteiger partial charge in [-0.2, -0.15) is 0 Å². The summed E-state index contributed by atoms with van der Waals surface area (Å²) in [7, 11) is 0. The number of hydrogen-bond donors (Lipinski definition) is 2. The van der Waals surface area contributed by atoms with Gasteiger partial charge < -0.3 is 15.8 Å². The van der Waals surface area contributed by atoms with Crippen molar-refractivity contribution in [3.63, 3.8) is 0 Å². The zero-order valence-corrected chi connectivity index (χ0v) is 11.0. The molecule has 1 amide bonds. The Morgan fingerprint density at radius 1 is 1.50 bits per heavy atom. The Morgan fingerprint density at radius 2 is 2.17 bits per heavy atom. The van der Waals surface area contributed by atoms with Crippen molar-refractivity contribution < 1.29 is 14.3 Å². The Balaban J connectivity index is 2.76. The summed E-state index contributed by atoms with van der Waals surface area (Å²) in [6.07, 6.45) is -0.879. The van der Waals surface area contributed by atoms with Crippen LogP contribution in [0, 0.1) is 0 Å². The molecule has 18 heavy (non-hydrogen) atoms. The van der Waals surface area contributed by atoms with Gasteiger partial charge in [-0.1, -0.05) is 11.6 Å². The summed E-state index contributed by atoms with van der Waals surface area (Å²) >= 11 is 5.77. The van der Waals surface area contributed by atoms with Crippen molar-refractivity contribution in [2.45, 2.75) is 20.0 Å². The van der Waals surface area contributed by atoms with Crippen LogP contribution in [-0.4, -0.2) is 24.5 Å². The molecule has 1 rings (SSSR count). The monoisotopic (exact) mass is 270 g/mol. The molecule has 0 aliphatic heterocycles. The molecule has 6 heteroatoms. The molecule has 0 fully saturated rings. The minimum atomic E-state index is -0.879. The number of anilines is 1. The van der Waals surface area contributed by atoms with Crippen LogP contribution in [0.5, 0.6) is 0 Å². The van der Waals surface area contributed by atoms with E-state index in [1.54, 1.807) is 13.0 Å². The van der Waals surface area contributed by atoms with Gasteiger partial charge in [0.25, 0.3) is 5.91 Å². The Labute approximate surface area is 110 Å². The predicted molar refractivity (Wildman–Crippen MR) is 69.4 cm³/mol. The number of ether oxygens (including phenoxy) is 1. The van der Waals surface area contributed by atoms with E-state index in [0.29, 0.717) is 11.6 Å². The maximum Gasteiger partial charge on any atom is 0.341 e. The largest absolute Gasteiger partial charge is 0.449 e. The second kappa shape index (κ2) is 6.26. The van der Waals surface area contributed by atoms with Crippen LogP contribution in [0.4, 0.5) is 5.69 Å². The molecule has 1 aromatic rings. The first-order chi connectivity index (χ1) is 8.45. The van der Waals surface area contributed by atoms with Crippen LogP contribution in [-0.2, 0) is 9.53 Å². The van der Waals surface area contributed by atoms with Crippen molar-refractivity contribution in [1.82, 2.24) is 5.32 Å². The summed E-state index contributed by atoms with van der Waals surface area (Å²) in [6, 6.07) is 4.49. The number of nitrogens with one attached hydrogen (secondary N) is 1. The number of hydrogen-bond acceptors (Lipinski definition) is 4. The molecule has 98 valence electrons. The highest BCUT2D eigenvalue weighted by Gasteiger charge is 2.19. The van der Waals surface area contributed by atoms with E-state index >= 15 is 0 Å². The first-order valence-corrected chi connectivity index (χ1v) is 5.87. The van der Waals surface area contributed by atoms with Gasteiger partial charge in [-0.25, -0.2) is 4.79 Å². The number of rotatable bonds is 4. The lowest BCUT2D eigenvalue weighted by atomic mass is 10.2. The molecule has 1 atom stereocenters. The summed E-state index contributed by atoms with van der Waals surface area (Å²) in [5.74, 6) is -1.03. The Morgan fingerprint density at radius 3 is 2.78 bits per heavy atom. The minimum Gasteiger partial charge on any atom is -0.449 e. The molecular formula is C12H15ClN2O3. The Bertz CT molecular complexity index is 463. The lowest BCUT2D eigenvalue weighted by Crippen LogP contribution is -2.35. The van der Waals surface area contributed by atoms with Gasteiger partial charge in [-0.05, 0) is 32.0 Å². The molecule has 0 bridgehead atoms. The van der Waals surface area contributed by atoms with Crippen molar-refractivity contribution in [2.24, 2.45) is 0 Å². The van der Waals surface area contributed by atoms with E-state index in [1.165, 1.54) is 19.1 Å². The number of carbonyl (C=O) groups excluding carboxylic acids is 2. The fraction of sp³-hybridized carbons (Fsp3) is 0.333. The van der Waals surface area contributed by atoms with E-state index in [9.17, 15) is 9.59 Å². The van der Waals surface area contributed by atoms with Crippen molar-refractivity contribution in [2.75, 3.05) is 12.3 Å². The van der Waals surface area contributed by atoms with Gasteiger partial charge in [-0.15, -0.1) is 0 Å². The molecule has 0 aliphatic carbocycles. The standard InChI is InChI=1S/C12H15ClN2O3/c1-3-15-11(16)7(2)18-12(17)9-6-8(13)4-5-10(9)14/h4-7H,3,14H2,1-2H3,(H,15,16). The van der Waals surface area contributed by atoms with E-state index in [4.69, 9.17) is 22.1 Å². The SMILES string of the molecule is CCNC(=O)C(C)OC(=O)c1cc(Cl)ccc1N.